The van der Waals surface area contributed by atoms with Gasteiger partial charge in [0.1, 0.15) is 0 Å². The highest BCUT2D eigenvalue weighted by atomic mass is 16.3. The first-order valence-corrected chi connectivity index (χ1v) is 4.53. The number of pyridine rings is 1. The molecule has 1 aromatic rings. The van der Waals surface area contributed by atoms with E-state index in [0.29, 0.717) is 0 Å². The van der Waals surface area contributed by atoms with E-state index < -0.39 is 6.10 Å². The Bertz CT molecular complexity index is 273. The van der Waals surface area contributed by atoms with Gasteiger partial charge in [0.2, 0.25) is 0 Å². The maximum Gasteiger partial charge on any atom is 0.0705 e. The maximum absolute atomic E-state index is 9.34. The summed E-state index contributed by atoms with van der Waals surface area (Å²) < 4.78 is 0. The van der Waals surface area contributed by atoms with Crippen molar-refractivity contribution in [1.82, 2.24) is 4.98 Å². The largest absolute Gasteiger partial charge is 0.391 e. The molecule has 0 radical (unpaired) electrons. The minimum Gasteiger partial charge on any atom is -0.391 e. The Hall–Kier alpha value is -0.930. The topological polar surface area (TPSA) is 59.1 Å². The molecule has 2 atom stereocenters. The molecule has 3 N–H and O–H groups in total. The summed E-state index contributed by atoms with van der Waals surface area (Å²) in [5.41, 5.74) is 7.92. The monoisotopic (exact) mass is 180 g/mol. The average Bonchev–Trinajstić information content (AvgIpc) is 2.16. The molecule has 0 aliphatic heterocycles. The Morgan fingerprint density at radius 3 is 2.85 bits per heavy atom. The van der Waals surface area contributed by atoms with E-state index in [1.54, 1.807) is 19.3 Å². The summed E-state index contributed by atoms with van der Waals surface area (Å²) in [7, 11) is 0. The molecule has 0 saturated heterocycles. The Morgan fingerprint density at radius 1 is 1.62 bits per heavy atom. The molecule has 0 aliphatic rings. The number of aryl methyl sites for hydroxylation is 1. The Labute approximate surface area is 78.6 Å². The van der Waals surface area contributed by atoms with Crippen LogP contribution in [0.2, 0.25) is 0 Å². The van der Waals surface area contributed by atoms with Crippen molar-refractivity contribution in [2.75, 3.05) is 0 Å². The molecular formula is C10H16N2O. The van der Waals surface area contributed by atoms with Crippen molar-refractivity contribution in [3.05, 3.63) is 29.6 Å². The van der Waals surface area contributed by atoms with Crippen LogP contribution >= 0.6 is 0 Å². The third-order valence-corrected chi connectivity index (χ3v) is 2.21. The van der Waals surface area contributed by atoms with Gasteiger partial charge in [0.15, 0.2) is 0 Å². The summed E-state index contributed by atoms with van der Waals surface area (Å²) in [5.74, 6) is 0. The van der Waals surface area contributed by atoms with Crippen LogP contribution in [0.25, 0.3) is 0 Å². The highest BCUT2D eigenvalue weighted by molar-refractivity contribution is 5.26. The molecule has 0 aliphatic carbocycles. The molecule has 0 amide bonds. The quantitative estimate of drug-likeness (QED) is 0.730. The lowest BCUT2D eigenvalue weighted by atomic mass is 9.99. The lowest BCUT2D eigenvalue weighted by Crippen LogP contribution is -2.24. The van der Waals surface area contributed by atoms with E-state index in [4.69, 9.17) is 5.73 Å². The van der Waals surface area contributed by atoms with Crippen LogP contribution in [0.1, 0.15) is 31.0 Å². The van der Waals surface area contributed by atoms with E-state index in [0.717, 1.165) is 17.5 Å². The SMILES string of the molecule is CCc1ccncc1[C@H](N)[C@H](C)O. The van der Waals surface area contributed by atoms with Gasteiger partial charge in [0, 0.05) is 12.4 Å². The average molecular weight is 180 g/mol. The fraction of sp³-hybridized carbons (Fsp3) is 0.500. The van der Waals surface area contributed by atoms with E-state index >= 15 is 0 Å². The number of hydrogen-bond donors (Lipinski definition) is 2. The number of aliphatic hydroxyl groups is 1. The molecule has 13 heavy (non-hydrogen) atoms. The normalized spacial score (nSPS) is 15.4. The van der Waals surface area contributed by atoms with Crippen LogP contribution in [-0.2, 0) is 6.42 Å². The highest BCUT2D eigenvalue weighted by Crippen LogP contribution is 2.17. The first-order chi connectivity index (χ1) is 6.16. The maximum atomic E-state index is 9.34. The zero-order valence-corrected chi connectivity index (χ0v) is 8.07. The van der Waals surface area contributed by atoms with Crippen LogP contribution in [0.15, 0.2) is 18.5 Å². The standard InChI is InChI=1S/C10H16N2O/c1-3-8-4-5-12-6-9(8)10(11)7(2)13/h4-7,10,13H,3,11H2,1-2H3/t7-,10+/m0/s1. The van der Waals surface area contributed by atoms with Gasteiger partial charge in [-0.2, -0.15) is 0 Å². The molecule has 0 spiro atoms. The van der Waals surface area contributed by atoms with Crippen molar-refractivity contribution in [2.45, 2.75) is 32.4 Å². The van der Waals surface area contributed by atoms with E-state index in [1.807, 2.05) is 6.07 Å². The van der Waals surface area contributed by atoms with Gasteiger partial charge in [0.05, 0.1) is 12.1 Å². The third kappa shape index (κ3) is 2.26. The van der Waals surface area contributed by atoms with E-state index in [9.17, 15) is 5.11 Å². The molecule has 1 aromatic heterocycles. The Morgan fingerprint density at radius 2 is 2.31 bits per heavy atom. The van der Waals surface area contributed by atoms with Crippen molar-refractivity contribution < 1.29 is 5.11 Å². The van der Waals surface area contributed by atoms with Crippen LogP contribution in [0, 0.1) is 0 Å². The molecule has 1 heterocycles. The lowest BCUT2D eigenvalue weighted by molar-refractivity contribution is 0.164. The van der Waals surface area contributed by atoms with Crippen LogP contribution in [0.4, 0.5) is 0 Å². The van der Waals surface area contributed by atoms with Gasteiger partial charge in [-0.25, -0.2) is 0 Å². The van der Waals surface area contributed by atoms with Gasteiger partial charge in [-0.15, -0.1) is 0 Å². The summed E-state index contributed by atoms with van der Waals surface area (Å²) in [6, 6.07) is 1.61. The summed E-state index contributed by atoms with van der Waals surface area (Å²) in [6.45, 7) is 3.75. The molecule has 1 rings (SSSR count). The second kappa shape index (κ2) is 4.35. The van der Waals surface area contributed by atoms with Gasteiger partial charge in [-0.1, -0.05) is 6.92 Å². The molecule has 0 fully saturated rings. The van der Waals surface area contributed by atoms with Gasteiger partial charge in [-0.05, 0) is 30.5 Å². The Balaban J connectivity index is 2.98. The molecule has 0 saturated carbocycles. The number of nitrogens with two attached hydrogens (primary N) is 1. The van der Waals surface area contributed by atoms with Crippen LogP contribution in [-0.4, -0.2) is 16.2 Å². The zero-order valence-electron chi connectivity index (χ0n) is 8.07. The van der Waals surface area contributed by atoms with Gasteiger partial charge in [-0.3, -0.25) is 4.98 Å². The van der Waals surface area contributed by atoms with Crippen LogP contribution in [0.5, 0.6) is 0 Å². The van der Waals surface area contributed by atoms with Gasteiger partial charge < -0.3 is 10.8 Å². The molecule has 0 bridgehead atoms. The molecular weight excluding hydrogens is 164 g/mol. The minimum atomic E-state index is -0.533. The number of rotatable bonds is 3. The smallest absolute Gasteiger partial charge is 0.0705 e. The molecule has 72 valence electrons. The van der Waals surface area contributed by atoms with E-state index in [2.05, 4.69) is 11.9 Å². The lowest BCUT2D eigenvalue weighted by Gasteiger charge is -2.17. The highest BCUT2D eigenvalue weighted by Gasteiger charge is 2.14. The van der Waals surface area contributed by atoms with Crippen molar-refractivity contribution in [1.29, 1.82) is 0 Å². The number of hydrogen-bond acceptors (Lipinski definition) is 3. The van der Waals surface area contributed by atoms with E-state index in [1.165, 1.54) is 0 Å². The van der Waals surface area contributed by atoms with Gasteiger partial charge in [0.25, 0.3) is 0 Å². The van der Waals surface area contributed by atoms with Crippen LogP contribution in [0.3, 0.4) is 0 Å². The first-order valence-electron chi connectivity index (χ1n) is 4.53. The van der Waals surface area contributed by atoms with E-state index in [-0.39, 0.29) is 6.04 Å². The fourth-order valence-electron chi connectivity index (χ4n) is 1.32. The predicted molar refractivity (Wildman–Crippen MR) is 52.2 cm³/mol. The molecule has 3 heteroatoms. The van der Waals surface area contributed by atoms with Gasteiger partial charge >= 0.3 is 0 Å². The third-order valence-electron chi connectivity index (χ3n) is 2.21. The summed E-state index contributed by atoms with van der Waals surface area (Å²) in [4.78, 5) is 4.01. The second-order valence-corrected chi connectivity index (χ2v) is 3.19. The Kier molecular flexibility index (Phi) is 3.39. The first kappa shape index (κ1) is 10.2. The zero-order chi connectivity index (χ0) is 9.84. The number of aliphatic hydroxyl groups excluding tert-OH is 1. The van der Waals surface area contributed by atoms with Crippen molar-refractivity contribution in [2.24, 2.45) is 5.73 Å². The van der Waals surface area contributed by atoms with Crippen molar-refractivity contribution >= 4 is 0 Å². The second-order valence-electron chi connectivity index (χ2n) is 3.19. The minimum absolute atomic E-state index is 0.330. The fourth-order valence-corrected chi connectivity index (χ4v) is 1.32. The summed E-state index contributed by atoms with van der Waals surface area (Å²) >= 11 is 0. The van der Waals surface area contributed by atoms with Crippen molar-refractivity contribution in [3.8, 4) is 0 Å². The van der Waals surface area contributed by atoms with Crippen molar-refractivity contribution in [3.63, 3.8) is 0 Å². The summed E-state index contributed by atoms with van der Waals surface area (Å²) in [6.07, 6.45) is 3.86. The molecule has 0 aromatic carbocycles. The summed E-state index contributed by atoms with van der Waals surface area (Å²) in [5, 5.41) is 9.34. The molecule has 3 nitrogen and oxygen atoms in total. The predicted octanol–water partition coefficient (Wildman–Crippen LogP) is 1.02. The number of aromatic nitrogens is 1. The number of nitrogens with zero attached hydrogens (tertiary/aromatic N) is 1. The molecule has 0 unspecified atom stereocenters. The van der Waals surface area contributed by atoms with Crippen LogP contribution < -0.4 is 5.73 Å².